The molecule has 0 bridgehead atoms. The third kappa shape index (κ3) is 3.87. The van der Waals surface area contributed by atoms with Gasteiger partial charge in [0, 0.05) is 18.9 Å². The van der Waals surface area contributed by atoms with Crippen LogP contribution in [-0.2, 0) is 4.79 Å². The highest BCUT2D eigenvalue weighted by Gasteiger charge is 2.17. The van der Waals surface area contributed by atoms with E-state index < -0.39 is 5.97 Å². The molecule has 0 saturated heterocycles. The van der Waals surface area contributed by atoms with E-state index in [1.54, 1.807) is 0 Å². The number of ether oxygens (including phenoxy) is 2. The maximum Gasteiger partial charge on any atom is 0.303 e. The third-order valence-corrected chi connectivity index (χ3v) is 3.38. The predicted molar refractivity (Wildman–Crippen MR) is 75.0 cm³/mol. The summed E-state index contributed by atoms with van der Waals surface area (Å²) in [6.07, 6.45) is 1.63. The van der Waals surface area contributed by atoms with Gasteiger partial charge in [-0.05, 0) is 30.0 Å². The van der Waals surface area contributed by atoms with Crippen molar-refractivity contribution in [2.45, 2.75) is 32.2 Å². The summed E-state index contributed by atoms with van der Waals surface area (Å²) in [6, 6.07) is 5.50. The van der Waals surface area contributed by atoms with Crippen LogP contribution < -0.4 is 15.2 Å². The first-order valence-electron chi connectivity index (χ1n) is 6.93. The highest BCUT2D eigenvalue weighted by atomic mass is 16.5. The molecule has 2 rings (SSSR count). The van der Waals surface area contributed by atoms with E-state index in [9.17, 15) is 4.79 Å². The van der Waals surface area contributed by atoms with Crippen molar-refractivity contribution in [1.29, 1.82) is 0 Å². The van der Waals surface area contributed by atoms with Gasteiger partial charge in [-0.15, -0.1) is 0 Å². The number of carbonyl (C=O) groups is 1. The number of nitrogens with two attached hydrogens (primary N) is 1. The molecule has 1 aliphatic rings. The van der Waals surface area contributed by atoms with Gasteiger partial charge in [0.15, 0.2) is 11.5 Å². The summed E-state index contributed by atoms with van der Waals surface area (Å²) in [5.74, 6) is 0.722. The SMILES string of the molecule is CC(CC(=O)O)CC(N)c1ccc2c(c1)OCCCO2. The summed E-state index contributed by atoms with van der Waals surface area (Å²) >= 11 is 0. The molecule has 0 radical (unpaired) electrons. The van der Waals surface area contributed by atoms with E-state index >= 15 is 0 Å². The second-order valence-corrected chi connectivity index (χ2v) is 5.30. The van der Waals surface area contributed by atoms with Gasteiger partial charge < -0.3 is 20.3 Å². The van der Waals surface area contributed by atoms with E-state index in [0.29, 0.717) is 19.6 Å². The first-order chi connectivity index (χ1) is 9.56. The van der Waals surface area contributed by atoms with Gasteiger partial charge in [-0.25, -0.2) is 0 Å². The maximum absolute atomic E-state index is 10.7. The molecule has 2 unspecified atom stereocenters. The lowest BCUT2D eigenvalue weighted by molar-refractivity contribution is -0.138. The Morgan fingerprint density at radius 3 is 2.75 bits per heavy atom. The Bertz CT molecular complexity index is 475. The topological polar surface area (TPSA) is 81.8 Å². The highest BCUT2D eigenvalue weighted by molar-refractivity contribution is 5.66. The molecule has 1 aliphatic heterocycles. The van der Waals surface area contributed by atoms with Gasteiger partial charge in [-0.3, -0.25) is 4.79 Å². The molecule has 3 N–H and O–H groups in total. The van der Waals surface area contributed by atoms with Crippen LogP contribution in [0.5, 0.6) is 11.5 Å². The number of carboxylic acid groups (broad SMARTS) is 1. The monoisotopic (exact) mass is 279 g/mol. The number of rotatable bonds is 5. The van der Waals surface area contributed by atoms with Crippen LogP contribution in [0.3, 0.4) is 0 Å². The molecule has 0 spiro atoms. The fraction of sp³-hybridized carbons (Fsp3) is 0.533. The van der Waals surface area contributed by atoms with Gasteiger partial charge in [0.25, 0.3) is 0 Å². The number of carboxylic acids is 1. The Labute approximate surface area is 118 Å². The molecule has 0 saturated carbocycles. The van der Waals surface area contributed by atoms with Crippen molar-refractivity contribution >= 4 is 5.97 Å². The normalized spacial score (nSPS) is 17.1. The van der Waals surface area contributed by atoms with Crippen LogP contribution in [-0.4, -0.2) is 24.3 Å². The quantitative estimate of drug-likeness (QED) is 0.864. The summed E-state index contributed by atoms with van der Waals surface area (Å²) in [6.45, 7) is 3.20. The third-order valence-electron chi connectivity index (χ3n) is 3.38. The Kier molecular flexibility index (Phi) is 4.84. The molecule has 110 valence electrons. The van der Waals surface area contributed by atoms with Crippen LogP contribution in [0, 0.1) is 5.92 Å². The number of fused-ring (bicyclic) bond motifs is 1. The second-order valence-electron chi connectivity index (χ2n) is 5.30. The fourth-order valence-electron chi connectivity index (χ4n) is 2.36. The number of aliphatic carboxylic acids is 1. The fourth-order valence-corrected chi connectivity index (χ4v) is 2.36. The minimum absolute atomic E-state index is 0.0403. The molecule has 5 heteroatoms. The van der Waals surface area contributed by atoms with Crippen molar-refractivity contribution in [2.75, 3.05) is 13.2 Å². The largest absolute Gasteiger partial charge is 0.490 e. The Morgan fingerprint density at radius 2 is 2.05 bits per heavy atom. The van der Waals surface area contributed by atoms with E-state index in [-0.39, 0.29) is 18.4 Å². The summed E-state index contributed by atoms with van der Waals surface area (Å²) < 4.78 is 11.2. The average molecular weight is 279 g/mol. The number of hydrogen-bond donors (Lipinski definition) is 2. The smallest absolute Gasteiger partial charge is 0.303 e. The molecule has 0 fully saturated rings. The van der Waals surface area contributed by atoms with Crippen molar-refractivity contribution in [3.8, 4) is 11.5 Å². The number of benzene rings is 1. The van der Waals surface area contributed by atoms with Crippen LogP contribution in [0.2, 0.25) is 0 Å². The van der Waals surface area contributed by atoms with Gasteiger partial charge >= 0.3 is 5.97 Å². The lowest BCUT2D eigenvalue weighted by Gasteiger charge is -2.17. The van der Waals surface area contributed by atoms with Gasteiger partial charge in [-0.2, -0.15) is 0 Å². The average Bonchev–Trinajstić information content (AvgIpc) is 2.61. The highest BCUT2D eigenvalue weighted by Crippen LogP contribution is 2.33. The van der Waals surface area contributed by atoms with Gasteiger partial charge in [-0.1, -0.05) is 13.0 Å². The second kappa shape index (κ2) is 6.61. The molecule has 2 atom stereocenters. The van der Waals surface area contributed by atoms with Crippen molar-refractivity contribution in [1.82, 2.24) is 0 Å². The zero-order chi connectivity index (χ0) is 14.5. The molecule has 1 aromatic carbocycles. The number of hydrogen-bond acceptors (Lipinski definition) is 4. The summed E-state index contributed by atoms with van der Waals surface area (Å²) in [7, 11) is 0. The van der Waals surface area contributed by atoms with E-state index in [1.807, 2.05) is 25.1 Å². The van der Waals surface area contributed by atoms with Crippen LogP contribution in [0.25, 0.3) is 0 Å². The van der Waals surface area contributed by atoms with Crippen molar-refractivity contribution in [3.63, 3.8) is 0 Å². The van der Waals surface area contributed by atoms with E-state index in [2.05, 4.69) is 0 Å². The van der Waals surface area contributed by atoms with Crippen LogP contribution in [0.4, 0.5) is 0 Å². The Balaban J connectivity index is 2.04. The molecular weight excluding hydrogens is 258 g/mol. The minimum Gasteiger partial charge on any atom is -0.490 e. The summed E-state index contributed by atoms with van der Waals surface area (Å²) in [4.78, 5) is 10.7. The first-order valence-corrected chi connectivity index (χ1v) is 6.93. The molecule has 0 amide bonds. The zero-order valence-corrected chi connectivity index (χ0v) is 11.7. The van der Waals surface area contributed by atoms with Crippen molar-refractivity contribution < 1.29 is 19.4 Å². The van der Waals surface area contributed by atoms with Crippen LogP contribution in [0.1, 0.15) is 37.8 Å². The molecule has 1 aromatic rings. The van der Waals surface area contributed by atoms with E-state index in [0.717, 1.165) is 23.5 Å². The molecule has 0 aromatic heterocycles. The standard InChI is InChI=1S/C15H21NO4/c1-10(8-15(17)18)7-12(16)11-3-4-13-14(9-11)20-6-2-5-19-13/h3-4,9-10,12H,2,5-8,16H2,1H3,(H,17,18). The molecule has 0 aliphatic carbocycles. The lowest BCUT2D eigenvalue weighted by Crippen LogP contribution is -2.16. The maximum atomic E-state index is 10.7. The first kappa shape index (κ1) is 14.7. The van der Waals surface area contributed by atoms with Crippen molar-refractivity contribution in [3.05, 3.63) is 23.8 Å². The summed E-state index contributed by atoms with van der Waals surface area (Å²) in [5.41, 5.74) is 7.10. The van der Waals surface area contributed by atoms with E-state index in [4.69, 9.17) is 20.3 Å². The predicted octanol–water partition coefficient (Wildman–Crippen LogP) is 2.35. The summed E-state index contributed by atoms with van der Waals surface area (Å²) in [5, 5.41) is 8.78. The van der Waals surface area contributed by atoms with Crippen LogP contribution >= 0.6 is 0 Å². The zero-order valence-electron chi connectivity index (χ0n) is 11.7. The molecule has 20 heavy (non-hydrogen) atoms. The molecular formula is C15H21NO4. The lowest BCUT2D eigenvalue weighted by atomic mass is 9.94. The molecule has 5 nitrogen and oxygen atoms in total. The van der Waals surface area contributed by atoms with E-state index in [1.165, 1.54) is 0 Å². The Hall–Kier alpha value is -1.75. The van der Waals surface area contributed by atoms with Gasteiger partial charge in [0.1, 0.15) is 0 Å². The van der Waals surface area contributed by atoms with Crippen LogP contribution in [0.15, 0.2) is 18.2 Å². The van der Waals surface area contributed by atoms with Crippen molar-refractivity contribution in [2.24, 2.45) is 11.7 Å². The Morgan fingerprint density at radius 1 is 1.35 bits per heavy atom. The van der Waals surface area contributed by atoms with Gasteiger partial charge in [0.05, 0.1) is 13.2 Å². The van der Waals surface area contributed by atoms with Gasteiger partial charge in [0.2, 0.25) is 0 Å². The molecule has 1 heterocycles. The minimum atomic E-state index is -0.789.